The van der Waals surface area contributed by atoms with E-state index in [1.165, 1.54) is 0 Å². The predicted molar refractivity (Wildman–Crippen MR) is 57.0 cm³/mol. The Balaban J connectivity index is 3.00. The highest BCUT2D eigenvalue weighted by Crippen LogP contribution is 2.21. The van der Waals surface area contributed by atoms with Gasteiger partial charge in [-0.3, -0.25) is 0 Å². The maximum absolute atomic E-state index is 5.07. The van der Waals surface area contributed by atoms with Crippen LogP contribution in [0.15, 0.2) is 6.07 Å². The minimum absolute atomic E-state index is 0.0862. The maximum atomic E-state index is 5.07. The van der Waals surface area contributed by atoms with Crippen LogP contribution in [-0.4, -0.2) is 16.9 Å². The van der Waals surface area contributed by atoms with E-state index >= 15 is 0 Å². The topological polar surface area (TPSA) is 27.1 Å². The molecule has 1 heterocycles. The van der Waals surface area contributed by atoms with Crippen LogP contribution in [0.4, 0.5) is 0 Å². The number of nitrogens with zero attached hydrogens (tertiary/aromatic N) is 2. The molecule has 1 aromatic heterocycles. The van der Waals surface area contributed by atoms with Gasteiger partial charge in [-0.05, 0) is 19.4 Å². The molecule has 1 aromatic rings. The van der Waals surface area contributed by atoms with Crippen LogP contribution in [0.25, 0.3) is 0 Å². The van der Waals surface area contributed by atoms with Crippen LogP contribution in [0.2, 0.25) is 0 Å². The van der Waals surface area contributed by atoms with E-state index in [9.17, 15) is 0 Å². The van der Waals surface area contributed by atoms with Crippen molar-refractivity contribution in [3.05, 3.63) is 24.4 Å². The molecule has 1 rings (SSSR count). The van der Waals surface area contributed by atoms with Crippen molar-refractivity contribution in [2.75, 3.05) is 7.11 Å². The molecule has 0 saturated heterocycles. The fourth-order valence-corrected chi connectivity index (χ4v) is 1.26. The molecule has 0 N–H and O–H groups in total. The highest BCUT2D eigenvalue weighted by atomic mass is 16.5. The van der Waals surface area contributed by atoms with Crippen LogP contribution in [0.3, 0.4) is 0 Å². The van der Waals surface area contributed by atoms with Crippen molar-refractivity contribution < 1.29 is 4.74 Å². The Morgan fingerprint density at radius 3 is 2.57 bits per heavy atom. The number of methoxy groups -OCH3 is 1. The van der Waals surface area contributed by atoms with Gasteiger partial charge in [0.05, 0.1) is 5.69 Å². The van der Waals surface area contributed by atoms with E-state index in [1.54, 1.807) is 7.11 Å². The Labute approximate surface area is 86.1 Å². The van der Waals surface area contributed by atoms with Gasteiger partial charge in [0.1, 0.15) is 6.73 Å². The van der Waals surface area contributed by atoms with Gasteiger partial charge >= 0.3 is 0 Å². The predicted octanol–water partition coefficient (Wildman–Crippen LogP) is 2.16. The molecule has 3 heteroatoms. The average molecular weight is 195 g/mol. The van der Waals surface area contributed by atoms with Crippen molar-refractivity contribution in [3.8, 4) is 0 Å². The summed E-state index contributed by atoms with van der Waals surface area (Å²) < 4.78 is 6.94. The lowest BCUT2D eigenvalue weighted by molar-refractivity contribution is 0.117. The Bertz CT molecular complexity index is 297. The molecule has 0 aliphatic carbocycles. The molecule has 0 fully saturated rings. The molecule has 1 radical (unpaired) electrons. The third-order valence-electron chi connectivity index (χ3n) is 2.14. The van der Waals surface area contributed by atoms with Crippen LogP contribution in [0.5, 0.6) is 0 Å². The van der Waals surface area contributed by atoms with Crippen molar-refractivity contribution in [1.82, 2.24) is 9.78 Å². The van der Waals surface area contributed by atoms with Crippen LogP contribution < -0.4 is 0 Å². The minimum atomic E-state index is 0.0862. The zero-order chi connectivity index (χ0) is 10.8. The molecule has 0 aliphatic heterocycles. The second kappa shape index (κ2) is 4.13. The molecule has 0 aromatic carbocycles. The first-order chi connectivity index (χ1) is 6.49. The van der Waals surface area contributed by atoms with E-state index in [2.05, 4.69) is 38.9 Å². The van der Waals surface area contributed by atoms with Gasteiger partial charge in [0.15, 0.2) is 0 Å². The quantitative estimate of drug-likeness (QED) is 0.739. The summed E-state index contributed by atoms with van der Waals surface area (Å²) in [7, 11) is 1.67. The highest BCUT2D eigenvalue weighted by Gasteiger charge is 2.18. The summed E-state index contributed by atoms with van der Waals surface area (Å²) in [5.74, 6) is 0. The molecule has 0 amide bonds. The van der Waals surface area contributed by atoms with E-state index < -0.39 is 0 Å². The van der Waals surface area contributed by atoms with Gasteiger partial charge in [0.2, 0.25) is 0 Å². The Kier molecular flexibility index (Phi) is 3.32. The number of hydrogen-bond acceptors (Lipinski definition) is 2. The first kappa shape index (κ1) is 11.2. The van der Waals surface area contributed by atoms with Crippen LogP contribution >= 0.6 is 0 Å². The summed E-state index contributed by atoms with van der Waals surface area (Å²) >= 11 is 0. The van der Waals surface area contributed by atoms with Gasteiger partial charge < -0.3 is 4.74 Å². The molecule has 14 heavy (non-hydrogen) atoms. The fourth-order valence-electron chi connectivity index (χ4n) is 1.26. The molecule has 79 valence electrons. The zero-order valence-electron chi connectivity index (χ0n) is 9.50. The Morgan fingerprint density at radius 1 is 1.50 bits per heavy atom. The summed E-state index contributed by atoms with van der Waals surface area (Å²) in [6, 6.07) is 2.10. The standard InChI is InChI=1S/C11H19N2O/c1-6-9-7-10(11(2,3)4)12-13(9)8-14-5/h7H,1,6,8H2,2-5H3. The average Bonchev–Trinajstić information content (AvgIpc) is 2.47. The van der Waals surface area contributed by atoms with Crippen LogP contribution in [0.1, 0.15) is 32.2 Å². The molecule has 0 spiro atoms. The third kappa shape index (κ3) is 2.35. The van der Waals surface area contributed by atoms with Gasteiger partial charge in [-0.1, -0.05) is 20.8 Å². The fraction of sp³-hybridized carbons (Fsp3) is 0.636. The van der Waals surface area contributed by atoms with Crippen molar-refractivity contribution >= 4 is 0 Å². The van der Waals surface area contributed by atoms with E-state index in [-0.39, 0.29) is 5.41 Å². The van der Waals surface area contributed by atoms with Crippen molar-refractivity contribution in [3.63, 3.8) is 0 Å². The van der Waals surface area contributed by atoms with Gasteiger partial charge in [-0.25, -0.2) is 4.68 Å². The van der Waals surface area contributed by atoms with Gasteiger partial charge in [0.25, 0.3) is 0 Å². The molecular weight excluding hydrogens is 176 g/mol. The Hall–Kier alpha value is -0.830. The van der Waals surface area contributed by atoms with Crippen molar-refractivity contribution in [2.24, 2.45) is 0 Å². The number of ether oxygens (including phenoxy) is 1. The Morgan fingerprint density at radius 2 is 2.14 bits per heavy atom. The van der Waals surface area contributed by atoms with Crippen molar-refractivity contribution in [1.29, 1.82) is 0 Å². The lowest BCUT2D eigenvalue weighted by Crippen LogP contribution is -2.13. The number of hydrogen-bond donors (Lipinski definition) is 0. The maximum Gasteiger partial charge on any atom is 0.139 e. The molecule has 0 saturated carbocycles. The summed E-state index contributed by atoms with van der Waals surface area (Å²) in [6.45, 7) is 10.8. The summed E-state index contributed by atoms with van der Waals surface area (Å²) in [6.07, 6.45) is 0.743. The van der Waals surface area contributed by atoms with E-state index in [0.717, 1.165) is 17.8 Å². The SMILES string of the molecule is [CH2]Cc1cc(C(C)(C)C)nn1COC. The number of aromatic nitrogens is 2. The van der Waals surface area contributed by atoms with Gasteiger partial charge in [-0.15, -0.1) is 0 Å². The monoisotopic (exact) mass is 195 g/mol. The van der Waals surface area contributed by atoms with Crippen LogP contribution in [0, 0.1) is 6.92 Å². The highest BCUT2D eigenvalue weighted by molar-refractivity contribution is 5.17. The number of rotatable bonds is 3. The summed E-state index contributed by atoms with van der Waals surface area (Å²) in [5.41, 5.74) is 2.30. The molecule has 0 atom stereocenters. The lowest BCUT2D eigenvalue weighted by atomic mass is 9.92. The molecular formula is C11H19N2O. The second-order valence-corrected chi connectivity index (χ2v) is 4.44. The normalized spacial score (nSPS) is 12.1. The molecule has 0 bridgehead atoms. The van der Waals surface area contributed by atoms with E-state index in [4.69, 9.17) is 4.74 Å². The first-order valence-electron chi connectivity index (χ1n) is 4.84. The summed E-state index contributed by atoms with van der Waals surface area (Å²) in [4.78, 5) is 0. The van der Waals surface area contributed by atoms with Crippen molar-refractivity contribution in [2.45, 2.75) is 39.3 Å². The second-order valence-electron chi connectivity index (χ2n) is 4.44. The lowest BCUT2D eigenvalue weighted by Gasteiger charge is -2.14. The van der Waals surface area contributed by atoms with Crippen LogP contribution in [-0.2, 0) is 23.3 Å². The summed E-state index contributed by atoms with van der Waals surface area (Å²) in [5, 5.41) is 4.49. The minimum Gasteiger partial charge on any atom is -0.362 e. The smallest absolute Gasteiger partial charge is 0.139 e. The van der Waals surface area contributed by atoms with E-state index in [0.29, 0.717) is 6.73 Å². The third-order valence-corrected chi connectivity index (χ3v) is 2.14. The largest absolute Gasteiger partial charge is 0.362 e. The van der Waals surface area contributed by atoms with Gasteiger partial charge in [0, 0.05) is 18.2 Å². The molecule has 0 unspecified atom stereocenters. The van der Waals surface area contributed by atoms with E-state index in [1.807, 2.05) is 4.68 Å². The molecule has 0 aliphatic rings. The first-order valence-corrected chi connectivity index (χ1v) is 4.84. The van der Waals surface area contributed by atoms with Gasteiger partial charge in [-0.2, -0.15) is 5.10 Å². The molecule has 3 nitrogen and oxygen atoms in total. The zero-order valence-corrected chi connectivity index (χ0v) is 9.50.